The molecule has 0 aromatic heterocycles. The number of carbonyl (C=O) groups excluding carboxylic acids is 1. The molecule has 0 aliphatic rings. The fourth-order valence-electron chi connectivity index (χ4n) is 3.26. The quantitative estimate of drug-likeness (QED) is 0.162. The Kier molecular flexibility index (Phi) is 30.1. The van der Waals surface area contributed by atoms with Crippen molar-refractivity contribution in [2.45, 2.75) is 110 Å². The lowest BCUT2D eigenvalue weighted by atomic mass is 10.0. The SMILES string of the molecule is CCCCCCCCCCCCCCCCCC(=O)NCCNCCN.O=CO. The Morgan fingerprint density at radius 2 is 1.17 bits per heavy atom. The predicted molar refractivity (Wildman–Crippen MR) is 123 cm³/mol. The third kappa shape index (κ3) is 31.8. The minimum Gasteiger partial charge on any atom is -0.483 e. The highest BCUT2D eigenvalue weighted by Gasteiger charge is 2.00. The number of rotatable bonds is 21. The number of hydrogen-bond donors (Lipinski definition) is 4. The highest BCUT2D eigenvalue weighted by atomic mass is 16.3. The van der Waals surface area contributed by atoms with E-state index >= 15 is 0 Å². The Morgan fingerprint density at radius 1 is 0.759 bits per heavy atom. The topological polar surface area (TPSA) is 104 Å². The molecule has 0 aliphatic carbocycles. The molecule has 6 nitrogen and oxygen atoms in total. The Balaban J connectivity index is 0. The maximum atomic E-state index is 11.6. The van der Waals surface area contributed by atoms with Crippen LogP contribution in [0.5, 0.6) is 0 Å². The van der Waals surface area contributed by atoms with Gasteiger partial charge in [0, 0.05) is 32.6 Å². The van der Waals surface area contributed by atoms with Crippen LogP contribution in [-0.2, 0) is 9.59 Å². The lowest BCUT2D eigenvalue weighted by Crippen LogP contribution is -2.33. The zero-order valence-corrected chi connectivity index (χ0v) is 19.1. The smallest absolute Gasteiger partial charge is 0.290 e. The lowest BCUT2D eigenvalue weighted by molar-refractivity contribution is -0.123. The van der Waals surface area contributed by atoms with Crippen molar-refractivity contribution in [2.75, 3.05) is 26.2 Å². The van der Waals surface area contributed by atoms with Crippen molar-refractivity contribution in [1.29, 1.82) is 0 Å². The fourth-order valence-corrected chi connectivity index (χ4v) is 3.26. The molecule has 0 radical (unpaired) electrons. The van der Waals surface area contributed by atoms with Gasteiger partial charge in [0.05, 0.1) is 0 Å². The Hall–Kier alpha value is -1.14. The summed E-state index contributed by atoms with van der Waals surface area (Å²) in [5, 5.41) is 13.0. The summed E-state index contributed by atoms with van der Waals surface area (Å²) in [5.74, 6) is 0.189. The van der Waals surface area contributed by atoms with E-state index in [0.717, 1.165) is 19.5 Å². The maximum Gasteiger partial charge on any atom is 0.290 e. The number of nitrogens with one attached hydrogen (secondary N) is 2. The molecular weight excluding hydrogens is 366 g/mol. The van der Waals surface area contributed by atoms with Crippen molar-refractivity contribution in [2.24, 2.45) is 5.73 Å². The van der Waals surface area contributed by atoms with Gasteiger partial charge in [-0.25, -0.2) is 0 Å². The van der Waals surface area contributed by atoms with Crippen LogP contribution in [0.15, 0.2) is 0 Å². The first kappa shape index (κ1) is 30.1. The average molecular weight is 416 g/mol. The van der Waals surface area contributed by atoms with E-state index in [1.165, 1.54) is 89.9 Å². The zero-order chi connectivity index (χ0) is 21.8. The third-order valence-corrected chi connectivity index (χ3v) is 4.95. The molecule has 1 amide bonds. The summed E-state index contributed by atoms with van der Waals surface area (Å²) < 4.78 is 0. The molecule has 29 heavy (non-hydrogen) atoms. The van der Waals surface area contributed by atoms with E-state index < -0.39 is 0 Å². The van der Waals surface area contributed by atoms with Crippen LogP contribution in [0.25, 0.3) is 0 Å². The average Bonchev–Trinajstić information content (AvgIpc) is 2.71. The summed E-state index contributed by atoms with van der Waals surface area (Å²) in [4.78, 5) is 20.0. The number of carbonyl (C=O) groups is 2. The normalized spacial score (nSPS) is 10.3. The van der Waals surface area contributed by atoms with Gasteiger partial charge in [-0.05, 0) is 6.42 Å². The monoisotopic (exact) mass is 415 g/mol. The second-order valence-corrected chi connectivity index (χ2v) is 7.69. The number of unbranched alkanes of at least 4 members (excludes halogenated alkanes) is 14. The summed E-state index contributed by atoms with van der Waals surface area (Å²) in [7, 11) is 0. The molecule has 0 heterocycles. The molecule has 0 saturated heterocycles. The van der Waals surface area contributed by atoms with Crippen LogP contribution in [0.2, 0.25) is 0 Å². The van der Waals surface area contributed by atoms with E-state index in [1.54, 1.807) is 0 Å². The van der Waals surface area contributed by atoms with Crippen molar-refractivity contribution in [1.82, 2.24) is 10.6 Å². The van der Waals surface area contributed by atoms with Gasteiger partial charge in [0.15, 0.2) is 0 Å². The van der Waals surface area contributed by atoms with Crippen LogP contribution in [-0.4, -0.2) is 43.7 Å². The zero-order valence-electron chi connectivity index (χ0n) is 19.1. The molecule has 6 heteroatoms. The van der Waals surface area contributed by atoms with Crippen LogP contribution in [0.1, 0.15) is 110 Å². The number of hydrogen-bond acceptors (Lipinski definition) is 4. The van der Waals surface area contributed by atoms with E-state index in [-0.39, 0.29) is 12.4 Å². The first-order valence-electron chi connectivity index (χ1n) is 12.0. The number of amides is 1. The van der Waals surface area contributed by atoms with E-state index in [4.69, 9.17) is 15.6 Å². The van der Waals surface area contributed by atoms with Crippen LogP contribution in [0, 0.1) is 0 Å². The Labute approximate surface area is 179 Å². The highest BCUT2D eigenvalue weighted by molar-refractivity contribution is 5.75. The molecule has 0 aliphatic heterocycles. The Bertz CT molecular complexity index is 328. The first-order chi connectivity index (χ1) is 14.2. The van der Waals surface area contributed by atoms with Crippen LogP contribution < -0.4 is 16.4 Å². The fraction of sp³-hybridized carbons (Fsp3) is 0.913. The predicted octanol–water partition coefficient (Wildman–Crippen LogP) is 4.61. The summed E-state index contributed by atoms with van der Waals surface area (Å²) in [6.07, 6.45) is 21.1. The Morgan fingerprint density at radius 3 is 1.59 bits per heavy atom. The van der Waals surface area contributed by atoms with E-state index in [0.29, 0.717) is 19.5 Å². The molecule has 174 valence electrons. The van der Waals surface area contributed by atoms with Gasteiger partial charge < -0.3 is 21.5 Å². The van der Waals surface area contributed by atoms with Crippen LogP contribution >= 0.6 is 0 Å². The highest BCUT2D eigenvalue weighted by Crippen LogP contribution is 2.13. The second kappa shape index (κ2) is 29.1. The van der Waals surface area contributed by atoms with Gasteiger partial charge >= 0.3 is 0 Å². The minimum absolute atomic E-state index is 0.189. The minimum atomic E-state index is -0.250. The molecule has 0 rings (SSSR count). The molecule has 0 spiro atoms. The second-order valence-electron chi connectivity index (χ2n) is 7.69. The van der Waals surface area contributed by atoms with Gasteiger partial charge in [0.25, 0.3) is 6.47 Å². The van der Waals surface area contributed by atoms with Crippen molar-refractivity contribution in [3.05, 3.63) is 0 Å². The van der Waals surface area contributed by atoms with Gasteiger partial charge in [-0.15, -0.1) is 0 Å². The van der Waals surface area contributed by atoms with Crippen molar-refractivity contribution in [3.63, 3.8) is 0 Å². The van der Waals surface area contributed by atoms with E-state index in [2.05, 4.69) is 17.6 Å². The summed E-state index contributed by atoms with van der Waals surface area (Å²) >= 11 is 0. The molecule has 0 aromatic rings. The molecule has 0 fully saturated rings. The molecule has 0 aromatic carbocycles. The van der Waals surface area contributed by atoms with Crippen molar-refractivity contribution >= 4 is 12.4 Å². The summed E-state index contributed by atoms with van der Waals surface area (Å²) in [6, 6.07) is 0. The van der Waals surface area contributed by atoms with Gasteiger partial charge in [-0.3, -0.25) is 9.59 Å². The van der Waals surface area contributed by atoms with Gasteiger partial charge in [-0.2, -0.15) is 0 Å². The van der Waals surface area contributed by atoms with Crippen molar-refractivity contribution < 1.29 is 14.7 Å². The summed E-state index contributed by atoms with van der Waals surface area (Å²) in [5.41, 5.74) is 5.39. The first-order valence-corrected chi connectivity index (χ1v) is 12.0. The molecule has 5 N–H and O–H groups in total. The molecule has 0 unspecified atom stereocenters. The molecule has 0 atom stereocenters. The number of nitrogens with two attached hydrogens (primary N) is 1. The summed E-state index contributed by atoms with van der Waals surface area (Å²) in [6.45, 7) is 5.00. The lowest BCUT2D eigenvalue weighted by Gasteiger charge is -2.06. The largest absolute Gasteiger partial charge is 0.483 e. The van der Waals surface area contributed by atoms with Crippen LogP contribution in [0.4, 0.5) is 0 Å². The van der Waals surface area contributed by atoms with Gasteiger partial charge in [0.1, 0.15) is 0 Å². The van der Waals surface area contributed by atoms with Crippen LogP contribution in [0.3, 0.4) is 0 Å². The number of carboxylic acid groups (broad SMARTS) is 1. The van der Waals surface area contributed by atoms with E-state index in [9.17, 15) is 4.79 Å². The molecule has 0 saturated carbocycles. The standard InChI is InChI=1S/C22H47N3O.CH2O2/c1-2-3-4-5-6-7-8-9-10-11-12-13-14-15-16-17-22(26)25-21-20-24-19-18-23;2-1-3/h24H,2-21,23H2,1H3,(H,25,26);1H,(H,2,3). The molecule has 0 bridgehead atoms. The van der Waals surface area contributed by atoms with Gasteiger partial charge in [0.2, 0.25) is 5.91 Å². The third-order valence-electron chi connectivity index (χ3n) is 4.95. The molecular formula is C23H49N3O3. The maximum absolute atomic E-state index is 11.6. The van der Waals surface area contributed by atoms with E-state index in [1.807, 2.05) is 0 Å². The van der Waals surface area contributed by atoms with Gasteiger partial charge in [-0.1, -0.05) is 96.8 Å². The van der Waals surface area contributed by atoms with Crippen molar-refractivity contribution in [3.8, 4) is 0 Å².